The quantitative estimate of drug-likeness (QED) is 0.408. The van der Waals surface area contributed by atoms with Gasteiger partial charge in [0, 0.05) is 11.6 Å². The molecule has 2 aliphatic rings. The van der Waals surface area contributed by atoms with E-state index in [9.17, 15) is 14.7 Å². The van der Waals surface area contributed by atoms with Crippen molar-refractivity contribution in [1.82, 2.24) is 4.90 Å². The van der Waals surface area contributed by atoms with Gasteiger partial charge in [0.2, 0.25) is 0 Å². The standard InChI is InChI=1S/C25H29NO5/c1-15(2)18-14-16(11-12-19(18)30-3)23(27)21-22(20-10-7-13-31-20)26(25(29)24(21)28)17-8-5-4-6-9-17/h7,10-15,17,22,27H,4-6,8-9H2,1-3H3/b23-21-. The number of carbonyl (C=O) groups excluding carboxylic acids is 2. The van der Waals surface area contributed by atoms with Gasteiger partial charge >= 0.3 is 0 Å². The van der Waals surface area contributed by atoms with Crippen molar-refractivity contribution in [3.8, 4) is 5.75 Å². The summed E-state index contributed by atoms with van der Waals surface area (Å²) in [5, 5.41) is 11.3. The van der Waals surface area contributed by atoms with E-state index in [0.717, 1.165) is 43.4 Å². The second-order valence-corrected chi connectivity index (χ2v) is 8.63. The van der Waals surface area contributed by atoms with Crippen LogP contribution in [0.2, 0.25) is 0 Å². The minimum atomic E-state index is -0.720. The molecule has 1 aromatic heterocycles. The van der Waals surface area contributed by atoms with Crippen molar-refractivity contribution in [3.63, 3.8) is 0 Å². The first-order valence-corrected chi connectivity index (χ1v) is 11.0. The van der Waals surface area contributed by atoms with E-state index in [1.807, 2.05) is 19.9 Å². The summed E-state index contributed by atoms with van der Waals surface area (Å²) in [5.41, 5.74) is 1.50. The van der Waals surface area contributed by atoms with E-state index in [-0.39, 0.29) is 23.3 Å². The van der Waals surface area contributed by atoms with Gasteiger partial charge in [0.05, 0.1) is 18.9 Å². The Labute approximate surface area is 182 Å². The lowest BCUT2D eigenvalue weighted by Gasteiger charge is -2.34. The van der Waals surface area contributed by atoms with Gasteiger partial charge in [-0.05, 0) is 54.7 Å². The molecule has 1 atom stereocenters. The molecule has 0 bridgehead atoms. The van der Waals surface area contributed by atoms with Crippen molar-refractivity contribution in [2.24, 2.45) is 0 Å². The van der Waals surface area contributed by atoms with Crippen molar-refractivity contribution in [1.29, 1.82) is 0 Å². The van der Waals surface area contributed by atoms with Crippen LogP contribution in [-0.2, 0) is 9.59 Å². The smallest absolute Gasteiger partial charge is 0.296 e. The fraction of sp³-hybridized carbons (Fsp3) is 0.440. The highest BCUT2D eigenvalue weighted by molar-refractivity contribution is 6.46. The van der Waals surface area contributed by atoms with E-state index in [1.54, 1.807) is 36.3 Å². The summed E-state index contributed by atoms with van der Waals surface area (Å²) < 4.78 is 11.1. The fourth-order valence-electron chi connectivity index (χ4n) is 4.80. The van der Waals surface area contributed by atoms with Crippen LogP contribution in [0, 0.1) is 0 Å². The van der Waals surface area contributed by atoms with Gasteiger partial charge in [-0.15, -0.1) is 0 Å². The number of likely N-dealkylation sites (tertiary alicyclic amines) is 1. The molecule has 1 N–H and O–H groups in total. The zero-order valence-corrected chi connectivity index (χ0v) is 18.3. The number of benzene rings is 1. The lowest BCUT2D eigenvalue weighted by Crippen LogP contribution is -2.40. The van der Waals surface area contributed by atoms with Gasteiger partial charge in [0.25, 0.3) is 11.7 Å². The first kappa shape index (κ1) is 21.2. The van der Waals surface area contributed by atoms with Gasteiger partial charge in [-0.1, -0.05) is 33.1 Å². The number of nitrogens with zero attached hydrogens (tertiary/aromatic N) is 1. The van der Waals surface area contributed by atoms with Gasteiger partial charge < -0.3 is 19.2 Å². The molecule has 2 aromatic rings. The number of carbonyl (C=O) groups is 2. The van der Waals surface area contributed by atoms with Crippen molar-refractivity contribution >= 4 is 17.4 Å². The average molecular weight is 424 g/mol. The van der Waals surface area contributed by atoms with Gasteiger partial charge in [-0.3, -0.25) is 9.59 Å². The number of aliphatic hydroxyl groups excluding tert-OH is 1. The molecule has 6 heteroatoms. The molecule has 0 radical (unpaired) electrons. The Morgan fingerprint density at radius 3 is 2.52 bits per heavy atom. The molecule has 1 saturated heterocycles. The van der Waals surface area contributed by atoms with E-state index in [1.165, 1.54) is 6.26 Å². The second-order valence-electron chi connectivity index (χ2n) is 8.63. The van der Waals surface area contributed by atoms with Crippen LogP contribution in [0.4, 0.5) is 0 Å². The normalized spacial score (nSPS) is 21.8. The van der Waals surface area contributed by atoms with Crippen molar-refractivity contribution in [2.75, 3.05) is 7.11 Å². The number of rotatable bonds is 5. The molecule has 31 heavy (non-hydrogen) atoms. The van der Waals surface area contributed by atoms with Gasteiger partial charge in [-0.2, -0.15) is 0 Å². The summed E-state index contributed by atoms with van der Waals surface area (Å²) in [4.78, 5) is 27.9. The SMILES string of the molecule is COc1ccc(/C(O)=C2/C(=O)C(=O)N(C3CCCCC3)C2c2ccco2)cc1C(C)C. The minimum Gasteiger partial charge on any atom is -0.507 e. The summed E-state index contributed by atoms with van der Waals surface area (Å²) in [6.07, 6.45) is 6.41. The summed E-state index contributed by atoms with van der Waals surface area (Å²) >= 11 is 0. The zero-order chi connectivity index (χ0) is 22.1. The molecule has 1 saturated carbocycles. The lowest BCUT2D eigenvalue weighted by molar-refractivity contribution is -0.142. The van der Waals surface area contributed by atoms with Gasteiger partial charge in [0.15, 0.2) is 0 Å². The molecule has 1 unspecified atom stereocenters. The molecule has 4 rings (SSSR count). The number of aliphatic hydroxyl groups is 1. The Balaban J connectivity index is 1.85. The zero-order valence-electron chi connectivity index (χ0n) is 18.3. The summed E-state index contributed by atoms with van der Waals surface area (Å²) in [7, 11) is 1.60. The van der Waals surface area contributed by atoms with E-state index in [4.69, 9.17) is 9.15 Å². The van der Waals surface area contributed by atoms with Crippen molar-refractivity contribution < 1.29 is 23.8 Å². The summed E-state index contributed by atoms with van der Waals surface area (Å²) in [5.74, 6) is -0.0321. The third kappa shape index (κ3) is 3.75. The number of ketones is 1. The van der Waals surface area contributed by atoms with Crippen LogP contribution in [0.25, 0.3) is 5.76 Å². The van der Waals surface area contributed by atoms with E-state index in [2.05, 4.69) is 0 Å². The predicted molar refractivity (Wildman–Crippen MR) is 117 cm³/mol. The number of Topliss-reactive ketones (excluding diaryl/α,β-unsaturated/α-hetero) is 1. The van der Waals surface area contributed by atoms with Crippen LogP contribution < -0.4 is 4.74 Å². The molecular formula is C25H29NO5. The number of amides is 1. The maximum Gasteiger partial charge on any atom is 0.296 e. The fourth-order valence-corrected chi connectivity index (χ4v) is 4.80. The molecule has 2 fully saturated rings. The molecule has 1 aliphatic carbocycles. The monoisotopic (exact) mass is 423 g/mol. The van der Waals surface area contributed by atoms with Crippen molar-refractivity contribution in [2.45, 2.75) is 64.0 Å². The van der Waals surface area contributed by atoms with Crippen LogP contribution in [0.5, 0.6) is 5.75 Å². The maximum absolute atomic E-state index is 13.1. The molecular weight excluding hydrogens is 394 g/mol. The number of methoxy groups -OCH3 is 1. The average Bonchev–Trinajstić information content (AvgIpc) is 3.40. The molecule has 6 nitrogen and oxygen atoms in total. The highest BCUT2D eigenvalue weighted by Gasteiger charge is 2.50. The van der Waals surface area contributed by atoms with Gasteiger partial charge in [-0.25, -0.2) is 0 Å². The Morgan fingerprint density at radius 1 is 1.16 bits per heavy atom. The Bertz CT molecular complexity index is 999. The number of ether oxygens (including phenoxy) is 1. The molecule has 1 aliphatic heterocycles. The number of furan rings is 1. The van der Waals surface area contributed by atoms with Crippen LogP contribution in [-0.4, -0.2) is 34.8 Å². The van der Waals surface area contributed by atoms with Crippen LogP contribution >= 0.6 is 0 Å². The lowest BCUT2D eigenvalue weighted by atomic mass is 9.92. The topological polar surface area (TPSA) is 80.0 Å². The molecule has 0 spiro atoms. The van der Waals surface area contributed by atoms with Crippen LogP contribution in [0.1, 0.15) is 74.8 Å². The first-order valence-electron chi connectivity index (χ1n) is 11.0. The summed E-state index contributed by atoms with van der Waals surface area (Å²) in [6.45, 7) is 4.07. The Hall–Kier alpha value is -3.02. The highest BCUT2D eigenvalue weighted by Crippen LogP contribution is 2.43. The first-order chi connectivity index (χ1) is 14.9. The second kappa shape index (κ2) is 8.61. The third-order valence-electron chi connectivity index (χ3n) is 6.39. The molecule has 2 heterocycles. The Kier molecular flexibility index (Phi) is 5.90. The van der Waals surface area contributed by atoms with E-state index in [0.29, 0.717) is 11.3 Å². The Morgan fingerprint density at radius 2 is 1.90 bits per heavy atom. The molecule has 1 amide bonds. The highest BCUT2D eigenvalue weighted by atomic mass is 16.5. The number of hydrogen-bond acceptors (Lipinski definition) is 5. The third-order valence-corrected chi connectivity index (χ3v) is 6.39. The van der Waals surface area contributed by atoms with Gasteiger partial charge in [0.1, 0.15) is 23.3 Å². The molecule has 1 aromatic carbocycles. The predicted octanol–water partition coefficient (Wildman–Crippen LogP) is 5.17. The maximum atomic E-state index is 13.1. The number of hydrogen-bond donors (Lipinski definition) is 1. The van der Waals surface area contributed by atoms with Crippen molar-refractivity contribution in [3.05, 3.63) is 59.1 Å². The van der Waals surface area contributed by atoms with E-state index >= 15 is 0 Å². The van der Waals surface area contributed by atoms with Crippen LogP contribution in [0.3, 0.4) is 0 Å². The largest absolute Gasteiger partial charge is 0.507 e. The minimum absolute atomic E-state index is 0.0345. The van der Waals surface area contributed by atoms with Crippen LogP contribution in [0.15, 0.2) is 46.6 Å². The van der Waals surface area contributed by atoms with E-state index < -0.39 is 17.7 Å². The summed E-state index contributed by atoms with van der Waals surface area (Å²) in [6, 6.07) is 8.06. The molecule has 164 valence electrons.